The van der Waals surface area contributed by atoms with Crippen molar-refractivity contribution in [3.63, 3.8) is 0 Å². The topological polar surface area (TPSA) is 49.6 Å². The number of amides is 1. The van der Waals surface area contributed by atoms with E-state index in [4.69, 9.17) is 18.0 Å². The highest BCUT2D eigenvalue weighted by Gasteiger charge is 2.15. The summed E-state index contributed by atoms with van der Waals surface area (Å²) in [5, 5.41) is 0. The summed E-state index contributed by atoms with van der Waals surface area (Å²) >= 11 is 4.80. The molecule has 2 N–H and O–H groups in total. The second-order valence-corrected chi connectivity index (χ2v) is 4.77. The first kappa shape index (κ1) is 15.4. The highest BCUT2D eigenvalue weighted by Crippen LogP contribution is 2.20. The third-order valence-electron chi connectivity index (χ3n) is 2.78. The fourth-order valence-electron chi connectivity index (χ4n) is 1.59. The molecule has 4 nitrogen and oxygen atoms in total. The van der Waals surface area contributed by atoms with E-state index in [-0.39, 0.29) is 17.4 Å². The lowest BCUT2D eigenvalue weighted by atomic mass is 10.2. The van der Waals surface area contributed by atoms with Crippen LogP contribution in [0.25, 0.3) is 0 Å². The summed E-state index contributed by atoms with van der Waals surface area (Å²) in [6, 6.07) is 4.54. The Balaban J connectivity index is 2.99. The molecule has 6 heteroatoms. The number of halogens is 1. The molecule has 0 aliphatic heterocycles. The third-order valence-corrected chi connectivity index (χ3v) is 3.02. The SMILES string of the molecule is CCN(CC(=O)N(C)C)c1ccc(C(N)=S)cc1F. The van der Waals surface area contributed by atoms with Crippen LogP contribution in [0.5, 0.6) is 0 Å². The molecule has 0 spiro atoms. The standard InChI is InChI=1S/C13H18FN3OS/c1-4-17(8-12(18)16(2)3)11-6-5-9(13(15)19)7-10(11)14/h5-7H,4,8H2,1-3H3,(H2,15,19). The fraction of sp³-hybridized carbons (Fsp3) is 0.385. The van der Waals surface area contributed by atoms with E-state index >= 15 is 0 Å². The normalized spacial score (nSPS) is 10.1. The molecule has 104 valence electrons. The van der Waals surface area contributed by atoms with Crippen LogP contribution in [0.4, 0.5) is 10.1 Å². The largest absolute Gasteiger partial charge is 0.389 e. The molecule has 0 saturated heterocycles. The molecule has 1 aromatic rings. The van der Waals surface area contributed by atoms with E-state index in [0.29, 0.717) is 17.8 Å². The van der Waals surface area contributed by atoms with Gasteiger partial charge in [0, 0.05) is 26.2 Å². The number of anilines is 1. The minimum Gasteiger partial charge on any atom is -0.389 e. The maximum atomic E-state index is 14.0. The van der Waals surface area contributed by atoms with Gasteiger partial charge in [-0.15, -0.1) is 0 Å². The summed E-state index contributed by atoms with van der Waals surface area (Å²) in [5.74, 6) is -0.515. The van der Waals surface area contributed by atoms with Crippen molar-refractivity contribution in [2.24, 2.45) is 5.73 Å². The maximum absolute atomic E-state index is 14.0. The van der Waals surface area contributed by atoms with Crippen molar-refractivity contribution in [1.29, 1.82) is 0 Å². The van der Waals surface area contributed by atoms with Crippen molar-refractivity contribution in [3.05, 3.63) is 29.6 Å². The second kappa shape index (κ2) is 6.47. The minimum atomic E-state index is -0.432. The molecular formula is C13H18FN3OS. The van der Waals surface area contributed by atoms with Gasteiger partial charge in [-0.25, -0.2) is 4.39 Å². The highest BCUT2D eigenvalue weighted by atomic mass is 32.1. The predicted octanol–water partition coefficient (Wildman–Crippen LogP) is 1.37. The number of hydrogen-bond donors (Lipinski definition) is 1. The predicted molar refractivity (Wildman–Crippen MR) is 78.9 cm³/mol. The summed E-state index contributed by atoms with van der Waals surface area (Å²) in [5.41, 5.74) is 6.30. The molecule has 1 rings (SSSR count). The molecule has 0 aromatic heterocycles. The van der Waals surface area contributed by atoms with Gasteiger partial charge < -0.3 is 15.5 Å². The van der Waals surface area contributed by atoms with Crippen molar-refractivity contribution in [1.82, 2.24) is 4.90 Å². The summed E-state index contributed by atoms with van der Waals surface area (Å²) < 4.78 is 14.0. The Bertz CT molecular complexity index is 491. The van der Waals surface area contributed by atoms with Crippen molar-refractivity contribution in [2.45, 2.75) is 6.92 Å². The molecule has 0 atom stereocenters. The maximum Gasteiger partial charge on any atom is 0.241 e. The van der Waals surface area contributed by atoms with Crippen molar-refractivity contribution in [3.8, 4) is 0 Å². The van der Waals surface area contributed by atoms with Crippen LogP contribution in [-0.4, -0.2) is 43.0 Å². The Hall–Kier alpha value is -1.69. The van der Waals surface area contributed by atoms with Gasteiger partial charge in [0.25, 0.3) is 0 Å². The molecule has 0 saturated carbocycles. The van der Waals surface area contributed by atoms with Gasteiger partial charge in [0.15, 0.2) is 0 Å². The molecular weight excluding hydrogens is 265 g/mol. The molecule has 0 aliphatic rings. The zero-order valence-corrected chi connectivity index (χ0v) is 12.1. The molecule has 0 aliphatic carbocycles. The number of likely N-dealkylation sites (N-methyl/N-ethyl adjacent to an activating group) is 2. The van der Waals surface area contributed by atoms with Crippen LogP contribution in [0.1, 0.15) is 12.5 Å². The minimum absolute atomic E-state index is 0.0836. The van der Waals surface area contributed by atoms with Gasteiger partial charge in [-0.05, 0) is 25.1 Å². The van der Waals surface area contributed by atoms with Crippen LogP contribution in [0.2, 0.25) is 0 Å². The van der Waals surface area contributed by atoms with Crippen LogP contribution in [-0.2, 0) is 4.79 Å². The van der Waals surface area contributed by atoms with Gasteiger partial charge in [-0.3, -0.25) is 4.79 Å². The van der Waals surface area contributed by atoms with Crippen LogP contribution in [0.3, 0.4) is 0 Å². The van der Waals surface area contributed by atoms with E-state index in [1.807, 2.05) is 6.92 Å². The molecule has 1 aromatic carbocycles. The fourth-order valence-corrected chi connectivity index (χ4v) is 1.72. The van der Waals surface area contributed by atoms with Gasteiger partial charge in [-0.1, -0.05) is 12.2 Å². The Morgan fingerprint density at radius 1 is 1.42 bits per heavy atom. The lowest BCUT2D eigenvalue weighted by Gasteiger charge is -2.24. The number of nitrogens with two attached hydrogens (primary N) is 1. The molecule has 0 bridgehead atoms. The quantitative estimate of drug-likeness (QED) is 0.829. The smallest absolute Gasteiger partial charge is 0.241 e. The Labute approximate surface area is 118 Å². The zero-order valence-electron chi connectivity index (χ0n) is 11.3. The van der Waals surface area contributed by atoms with Crippen LogP contribution in [0, 0.1) is 5.82 Å². The number of thiocarbonyl (C=S) groups is 1. The van der Waals surface area contributed by atoms with Crippen LogP contribution < -0.4 is 10.6 Å². The number of nitrogens with zero attached hydrogens (tertiary/aromatic N) is 2. The Morgan fingerprint density at radius 2 is 2.05 bits per heavy atom. The highest BCUT2D eigenvalue weighted by molar-refractivity contribution is 7.80. The summed E-state index contributed by atoms with van der Waals surface area (Å²) in [6.07, 6.45) is 0. The third kappa shape index (κ3) is 3.89. The summed E-state index contributed by atoms with van der Waals surface area (Å²) in [4.78, 5) is 15.0. The van der Waals surface area contributed by atoms with E-state index in [2.05, 4.69) is 0 Å². The van der Waals surface area contributed by atoms with E-state index in [1.165, 1.54) is 11.0 Å². The van der Waals surface area contributed by atoms with Gasteiger partial charge in [0.05, 0.1) is 12.2 Å². The Morgan fingerprint density at radius 3 is 2.47 bits per heavy atom. The first-order chi connectivity index (χ1) is 8.86. The number of benzene rings is 1. The molecule has 0 unspecified atom stereocenters. The Kier molecular flexibility index (Phi) is 5.23. The van der Waals surface area contributed by atoms with Gasteiger partial charge in [0.1, 0.15) is 10.8 Å². The molecule has 0 radical (unpaired) electrons. The first-order valence-corrected chi connectivity index (χ1v) is 6.32. The summed E-state index contributed by atoms with van der Waals surface area (Å²) in [7, 11) is 3.34. The second-order valence-electron chi connectivity index (χ2n) is 4.33. The van der Waals surface area contributed by atoms with E-state index in [1.54, 1.807) is 31.1 Å². The first-order valence-electron chi connectivity index (χ1n) is 5.91. The van der Waals surface area contributed by atoms with Gasteiger partial charge in [-0.2, -0.15) is 0 Å². The number of rotatable bonds is 5. The molecule has 1 amide bonds. The molecule has 0 heterocycles. The van der Waals surface area contributed by atoms with Gasteiger partial charge in [0.2, 0.25) is 5.91 Å². The van der Waals surface area contributed by atoms with Crippen molar-refractivity contribution >= 4 is 28.8 Å². The number of hydrogen-bond acceptors (Lipinski definition) is 3. The zero-order chi connectivity index (χ0) is 14.6. The van der Waals surface area contributed by atoms with Crippen molar-refractivity contribution < 1.29 is 9.18 Å². The lowest BCUT2D eigenvalue weighted by Crippen LogP contribution is -2.37. The number of carbonyl (C=O) groups excluding carboxylic acids is 1. The monoisotopic (exact) mass is 283 g/mol. The van der Waals surface area contributed by atoms with E-state index in [9.17, 15) is 9.18 Å². The van der Waals surface area contributed by atoms with Crippen LogP contribution in [0.15, 0.2) is 18.2 Å². The summed E-state index contributed by atoms with van der Waals surface area (Å²) in [6.45, 7) is 2.53. The van der Waals surface area contributed by atoms with Crippen molar-refractivity contribution in [2.75, 3.05) is 32.1 Å². The van der Waals surface area contributed by atoms with E-state index < -0.39 is 5.82 Å². The van der Waals surface area contributed by atoms with Crippen LogP contribution >= 0.6 is 12.2 Å². The average Bonchev–Trinajstić information content (AvgIpc) is 2.35. The van der Waals surface area contributed by atoms with E-state index in [0.717, 1.165) is 0 Å². The lowest BCUT2D eigenvalue weighted by molar-refractivity contribution is -0.127. The molecule has 0 fully saturated rings. The van der Waals surface area contributed by atoms with Gasteiger partial charge >= 0.3 is 0 Å². The average molecular weight is 283 g/mol. The number of carbonyl (C=O) groups is 1. The molecule has 19 heavy (non-hydrogen) atoms.